The van der Waals surface area contributed by atoms with Crippen molar-refractivity contribution in [2.24, 2.45) is 10.8 Å². The lowest BCUT2D eigenvalue weighted by atomic mass is 10.1. The van der Waals surface area contributed by atoms with E-state index >= 15 is 0 Å². The summed E-state index contributed by atoms with van der Waals surface area (Å²) < 4.78 is 37.7. The van der Waals surface area contributed by atoms with Crippen LogP contribution in [-0.2, 0) is 19.4 Å². The van der Waals surface area contributed by atoms with Crippen LogP contribution in [0.4, 0.5) is 15.8 Å². The van der Waals surface area contributed by atoms with E-state index < -0.39 is 33.5 Å². The van der Waals surface area contributed by atoms with E-state index in [0.29, 0.717) is 5.69 Å². The maximum atomic E-state index is 13.2. The SMILES string of the molecule is CCS(=O)(=O)c1ccccc1NC(=O)C1=NN(c2ccc(F)cc2)C(C(N)=O)C1. The van der Waals surface area contributed by atoms with Crippen molar-refractivity contribution in [2.75, 3.05) is 16.1 Å². The number of hydrogen-bond acceptors (Lipinski definition) is 6. The van der Waals surface area contributed by atoms with Crippen molar-refractivity contribution in [3.05, 3.63) is 54.3 Å². The molecule has 3 N–H and O–H groups in total. The lowest BCUT2D eigenvalue weighted by molar-refractivity contribution is -0.119. The Balaban J connectivity index is 1.89. The molecule has 1 heterocycles. The second-order valence-electron chi connectivity index (χ2n) is 6.34. The summed E-state index contributed by atoms with van der Waals surface area (Å²) in [6.45, 7) is 1.51. The Kier molecular flexibility index (Phi) is 5.64. The van der Waals surface area contributed by atoms with Crippen LogP contribution in [0.2, 0.25) is 0 Å². The number of rotatable bonds is 6. The summed E-state index contributed by atoms with van der Waals surface area (Å²) in [7, 11) is -3.55. The number of carbonyl (C=O) groups is 2. The van der Waals surface area contributed by atoms with Crippen molar-refractivity contribution in [3.63, 3.8) is 0 Å². The molecule has 0 radical (unpaired) electrons. The highest BCUT2D eigenvalue weighted by Crippen LogP contribution is 2.26. The van der Waals surface area contributed by atoms with E-state index in [9.17, 15) is 22.4 Å². The number of nitrogens with two attached hydrogens (primary N) is 1. The normalized spacial score (nSPS) is 16.4. The number of hydrogen-bond donors (Lipinski definition) is 2. The molecule has 0 saturated heterocycles. The fourth-order valence-electron chi connectivity index (χ4n) is 2.89. The molecule has 0 bridgehead atoms. The molecule has 0 fully saturated rings. The molecule has 29 heavy (non-hydrogen) atoms. The lowest BCUT2D eigenvalue weighted by Gasteiger charge is -2.20. The smallest absolute Gasteiger partial charge is 0.271 e. The van der Waals surface area contributed by atoms with Crippen LogP contribution in [0.15, 0.2) is 58.5 Å². The van der Waals surface area contributed by atoms with Gasteiger partial charge < -0.3 is 11.1 Å². The molecule has 8 nitrogen and oxygen atoms in total. The summed E-state index contributed by atoms with van der Waals surface area (Å²) >= 11 is 0. The van der Waals surface area contributed by atoms with Gasteiger partial charge in [0.2, 0.25) is 5.91 Å². The van der Waals surface area contributed by atoms with E-state index in [2.05, 4.69) is 10.4 Å². The highest BCUT2D eigenvalue weighted by molar-refractivity contribution is 7.91. The molecule has 1 aliphatic heterocycles. The zero-order valence-electron chi connectivity index (χ0n) is 15.5. The van der Waals surface area contributed by atoms with Gasteiger partial charge in [-0.05, 0) is 36.4 Å². The Morgan fingerprint density at radius 3 is 2.48 bits per heavy atom. The third-order valence-corrected chi connectivity index (χ3v) is 6.23. The number of carbonyl (C=O) groups excluding carboxylic acids is 2. The highest BCUT2D eigenvalue weighted by Gasteiger charge is 2.35. The summed E-state index contributed by atoms with van der Waals surface area (Å²) in [4.78, 5) is 24.5. The minimum absolute atomic E-state index is 0.00169. The van der Waals surface area contributed by atoms with Crippen molar-refractivity contribution in [3.8, 4) is 0 Å². The first-order valence-electron chi connectivity index (χ1n) is 8.77. The topological polar surface area (TPSA) is 122 Å². The van der Waals surface area contributed by atoms with Gasteiger partial charge in [-0.3, -0.25) is 14.6 Å². The van der Waals surface area contributed by atoms with E-state index in [1.54, 1.807) is 12.1 Å². The minimum Gasteiger partial charge on any atom is -0.368 e. The molecule has 0 aromatic heterocycles. The quantitative estimate of drug-likeness (QED) is 0.739. The largest absolute Gasteiger partial charge is 0.368 e. The predicted molar refractivity (Wildman–Crippen MR) is 107 cm³/mol. The van der Waals surface area contributed by atoms with Crippen LogP contribution < -0.4 is 16.1 Å². The molecular formula is C19H19FN4O4S. The Bertz CT molecular complexity index is 1080. The molecule has 0 saturated carbocycles. The van der Waals surface area contributed by atoms with Crippen LogP contribution in [0.1, 0.15) is 13.3 Å². The summed E-state index contributed by atoms with van der Waals surface area (Å²) in [5, 5.41) is 7.97. The molecule has 2 amide bonds. The van der Waals surface area contributed by atoms with Crippen LogP contribution in [-0.4, -0.2) is 37.7 Å². The molecule has 1 aliphatic rings. The van der Waals surface area contributed by atoms with Gasteiger partial charge in [-0.2, -0.15) is 5.10 Å². The molecule has 0 spiro atoms. The van der Waals surface area contributed by atoms with Gasteiger partial charge in [-0.1, -0.05) is 19.1 Å². The number of para-hydroxylation sites is 1. The number of nitrogens with zero attached hydrogens (tertiary/aromatic N) is 2. The van der Waals surface area contributed by atoms with Gasteiger partial charge >= 0.3 is 0 Å². The Morgan fingerprint density at radius 1 is 1.21 bits per heavy atom. The third kappa shape index (κ3) is 4.27. The summed E-state index contributed by atoms with van der Waals surface area (Å²) in [6, 6.07) is 10.3. The van der Waals surface area contributed by atoms with Crippen LogP contribution in [0.5, 0.6) is 0 Å². The first kappa shape index (κ1) is 20.5. The molecule has 2 aromatic carbocycles. The summed E-state index contributed by atoms with van der Waals surface area (Å²) in [6.07, 6.45) is -0.0682. The molecule has 1 unspecified atom stereocenters. The van der Waals surface area contributed by atoms with Gasteiger partial charge in [0.25, 0.3) is 5.91 Å². The van der Waals surface area contributed by atoms with Crippen molar-refractivity contribution >= 4 is 38.7 Å². The van der Waals surface area contributed by atoms with E-state index in [1.165, 1.54) is 48.3 Å². The van der Waals surface area contributed by atoms with E-state index in [-0.39, 0.29) is 28.5 Å². The molecule has 1 atom stereocenters. The van der Waals surface area contributed by atoms with Gasteiger partial charge in [0, 0.05) is 6.42 Å². The third-order valence-electron chi connectivity index (χ3n) is 4.44. The molecule has 0 aliphatic carbocycles. The van der Waals surface area contributed by atoms with E-state index in [1.807, 2.05) is 0 Å². The van der Waals surface area contributed by atoms with Gasteiger partial charge in [0.1, 0.15) is 17.6 Å². The van der Waals surface area contributed by atoms with Gasteiger partial charge in [-0.15, -0.1) is 0 Å². The van der Waals surface area contributed by atoms with Crippen LogP contribution in [0.25, 0.3) is 0 Å². The van der Waals surface area contributed by atoms with Crippen molar-refractivity contribution < 1.29 is 22.4 Å². The van der Waals surface area contributed by atoms with Gasteiger partial charge in [0.05, 0.1) is 22.0 Å². The fourth-order valence-corrected chi connectivity index (χ4v) is 3.94. The average Bonchev–Trinajstić information content (AvgIpc) is 3.15. The van der Waals surface area contributed by atoms with Crippen molar-refractivity contribution in [1.82, 2.24) is 0 Å². The first-order valence-corrected chi connectivity index (χ1v) is 10.4. The number of benzene rings is 2. The van der Waals surface area contributed by atoms with Crippen molar-refractivity contribution in [2.45, 2.75) is 24.3 Å². The number of halogens is 1. The molecular weight excluding hydrogens is 399 g/mol. The zero-order chi connectivity index (χ0) is 21.2. The van der Waals surface area contributed by atoms with Crippen molar-refractivity contribution in [1.29, 1.82) is 0 Å². The molecule has 10 heteroatoms. The molecule has 3 rings (SSSR count). The Labute approximate surface area is 167 Å². The van der Waals surface area contributed by atoms with Crippen LogP contribution in [0.3, 0.4) is 0 Å². The molecule has 2 aromatic rings. The standard InChI is InChI=1S/C19H19FN4O4S/c1-2-29(27,28)17-6-4-3-5-14(17)22-19(26)15-11-16(18(21)25)24(23-15)13-9-7-12(20)8-10-13/h3-10,16H,2,11H2,1H3,(H2,21,25)(H,22,26). The monoisotopic (exact) mass is 418 g/mol. The zero-order valence-corrected chi connectivity index (χ0v) is 16.3. The number of hydrazone groups is 1. The van der Waals surface area contributed by atoms with Gasteiger partial charge in [0.15, 0.2) is 9.84 Å². The fraction of sp³-hybridized carbons (Fsp3) is 0.211. The summed E-state index contributed by atoms with van der Waals surface area (Å²) in [5.74, 6) is -1.93. The first-order chi connectivity index (χ1) is 13.7. The van der Waals surface area contributed by atoms with E-state index in [0.717, 1.165) is 0 Å². The van der Waals surface area contributed by atoms with E-state index in [4.69, 9.17) is 5.73 Å². The predicted octanol–water partition coefficient (Wildman–Crippen LogP) is 1.68. The maximum absolute atomic E-state index is 13.2. The number of anilines is 2. The number of primary amides is 1. The van der Waals surface area contributed by atoms with Crippen LogP contribution in [0, 0.1) is 5.82 Å². The number of amides is 2. The number of nitrogens with one attached hydrogen (secondary N) is 1. The highest BCUT2D eigenvalue weighted by atomic mass is 32.2. The maximum Gasteiger partial charge on any atom is 0.271 e. The Morgan fingerprint density at radius 2 is 1.86 bits per heavy atom. The second kappa shape index (κ2) is 8.00. The molecule has 152 valence electrons. The lowest BCUT2D eigenvalue weighted by Crippen LogP contribution is -2.39. The summed E-state index contributed by atoms with van der Waals surface area (Å²) in [5.41, 5.74) is 5.95. The Hall–Kier alpha value is -3.27. The van der Waals surface area contributed by atoms with Gasteiger partial charge in [-0.25, -0.2) is 12.8 Å². The minimum atomic E-state index is -3.55. The number of sulfone groups is 1. The average molecular weight is 418 g/mol. The second-order valence-corrected chi connectivity index (χ2v) is 8.59. The van der Waals surface area contributed by atoms with Crippen LogP contribution >= 0.6 is 0 Å².